The monoisotopic (exact) mass is 400 g/mol. The molecule has 28 heavy (non-hydrogen) atoms. The van der Waals surface area contributed by atoms with Crippen LogP contribution in [-0.2, 0) is 4.79 Å². The van der Waals surface area contributed by atoms with Gasteiger partial charge in [0.1, 0.15) is 5.02 Å². The second-order valence-corrected chi connectivity index (χ2v) is 7.03. The summed E-state index contributed by atoms with van der Waals surface area (Å²) in [5.74, 6) is 1.12. The maximum absolute atomic E-state index is 12.0. The number of carbonyl (C=O) groups excluding carboxylic acids is 1. The van der Waals surface area contributed by atoms with E-state index in [9.17, 15) is 14.9 Å². The molecule has 1 aliphatic heterocycles. The standard InChI is InChI=1S/C20H17ClN2O5/c1-27-16-8-12-13(9-17(16)28-2)20-11(4-6-18(24)22-20)19(12)10-3-5-15(23(25)26)14(21)7-10/h3,5,7-9,20H,4,6H2,1-2H3,(H,22,24). The number of piperidine rings is 1. The summed E-state index contributed by atoms with van der Waals surface area (Å²) in [4.78, 5) is 22.6. The van der Waals surface area contributed by atoms with Gasteiger partial charge in [-0.05, 0) is 58.5 Å². The molecule has 1 aliphatic carbocycles. The lowest BCUT2D eigenvalue weighted by Crippen LogP contribution is -2.32. The van der Waals surface area contributed by atoms with Crippen molar-refractivity contribution in [3.05, 3.63) is 67.7 Å². The van der Waals surface area contributed by atoms with Crippen LogP contribution in [0, 0.1) is 10.1 Å². The first-order valence-electron chi connectivity index (χ1n) is 8.67. The number of hydrogen-bond acceptors (Lipinski definition) is 5. The van der Waals surface area contributed by atoms with Crippen LogP contribution < -0.4 is 14.8 Å². The summed E-state index contributed by atoms with van der Waals surface area (Å²) < 4.78 is 10.9. The highest BCUT2D eigenvalue weighted by Gasteiger charge is 2.37. The summed E-state index contributed by atoms with van der Waals surface area (Å²) in [6, 6.07) is 8.16. The van der Waals surface area contributed by atoms with Crippen molar-refractivity contribution in [1.82, 2.24) is 5.32 Å². The van der Waals surface area contributed by atoms with Crippen LogP contribution in [-0.4, -0.2) is 25.1 Å². The molecule has 1 heterocycles. The van der Waals surface area contributed by atoms with Crippen molar-refractivity contribution in [3.63, 3.8) is 0 Å². The molecule has 2 aromatic rings. The lowest BCUT2D eigenvalue weighted by atomic mass is 9.93. The maximum Gasteiger partial charge on any atom is 0.287 e. The van der Waals surface area contributed by atoms with Gasteiger partial charge in [-0.25, -0.2) is 0 Å². The average Bonchev–Trinajstić information content (AvgIpc) is 2.98. The molecule has 0 spiro atoms. The zero-order valence-electron chi connectivity index (χ0n) is 15.2. The predicted octanol–water partition coefficient (Wildman–Crippen LogP) is 4.03. The second kappa shape index (κ2) is 6.83. The number of ether oxygens (including phenoxy) is 2. The lowest BCUT2D eigenvalue weighted by Gasteiger charge is -2.24. The van der Waals surface area contributed by atoms with Gasteiger partial charge in [0.15, 0.2) is 11.5 Å². The zero-order valence-corrected chi connectivity index (χ0v) is 16.0. The minimum atomic E-state index is -0.510. The van der Waals surface area contributed by atoms with Crippen LogP contribution in [0.25, 0.3) is 5.57 Å². The first kappa shape index (κ1) is 18.3. The highest BCUT2D eigenvalue weighted by molar-refractivity contribution is 6.32. The molecule has 0 radical (unpaired) electrons. The molecule has 1 atom stereocenters. The van der Waals surface area contributed by atoms with E-state index in [4.69, 9.17) is 21.1 Å². The van der Waals surface area contributed by atoms with Crippen LogP contribution in [0.5, 0.6) is 11.5 Å². The van der Waals surface area contributed by atoms with Gasteiger partial charge in [0, 0.05) is 12.5 Å². The van der Waals surface area contributed by atoms with Crippen molar-refractivity contribution in [1.29, 1.82) is 0 Å². The molecule has 0 bridgehead atoms. The van der Waals surface area contributed by atoms with Crippen molar-refractivity contribution < 1.29 is 19.2 Å². The predicted molar refractivity (Wildman–Crippen MR) is 104 cm³/mol. The molecule has 2 aliphatic rings. The number of rotatable bonds is 4. The van der Waals surface area contributed by atoms with Crippen molar-refractivity contribution in [2.24, 2.45) is 0 Å². The van der Waals surface area contributed by atoms with Gasteiger partial charge in [0.05, 0.1) is 25.2 Å². The normalized spacial score (nSPS) is 17.7. The zero-order chi connectivity index (χ0) is 20.0. The Morgan fingerprint density at radius 3 is 2.50 bits per heavy atom. The van der Waals surface area contributed by atoms with Crippen LogP contribution in [0.3, 0.4) is 0 Å². The van der Waals surface area contributed by atoms with Gasteiger partial charge in [-0.1, -0.05) is 11.6 Å². The first-order chi connectivity index (χ1) is 13.4. The summed E-state index contributed by atoms with van der Waals surface area (Å²) in [6.07, 6.45) is 0.984. The molecular formula is C20H17ClN2O5. The van der Waals surface area contributed by atoms with E-state index in [1.807, 2.05) is 12.1 Å². The van der Waals surface area contributed by atoms with Gasteiger partial charge in [-0.15, -0.1) is 0 Å². The van der Waals surface area contributed by atoms with Crippen LogP contribution >= 0.6 is 11.6 Å². The van der Waals surface area contributed by atoms with Gasteiger partial charge in [-0.3, -0.25) is 14.9 Å². The number of fused-ring (bicyclic) bond motifs is 3. The molecule has 1 fully saturated rings. The smallest absolute Gasteiger partial charge is 0.287 e. The number of nitro groups is 1. The number of carbonyl (C=O) groups is 1. The quantitative estimate of drug-likeness (QED) is 0.618. The molecule has 2 aromatic carbocycles. The summed E-state index contributed by atoms with van der Waals surface area (Å²) in [6.45, 7) is 0. The van der Waals surface area contributed by atoms with E-state index in [1.165, 1.54) is 6.07 Å². The van der Waals surface area contributed by atoms with Gasteiger partial charge >= 0.3 is 0 Å². The van der Waals surface area contributed by atoms with Gasteiger partial charge in [-0.2, -0.15) is 0 Å². The molecule has 7 nitrogen and oxygen atoms in total. The lowest BCUT2D eigenvalue weighted by molar-refractivity contribution is -0.384. The number of hydrogen-bond donors (Lipinski definition) is 1. The number of methoxy groups -OCH3 is 2. The van der Waals surface area contributed by atoms with Crippen molar-refractivity contribution in [3.8, 4) is 11.5 Å². The van der Waals surface area contributed by atoms with Crippen molar-refractivity contribution >= 4 is 28.8 Å². The van der Waals surface area contributed by atoms with Crippen LogP contribution in [0.15, 0.2) is 35.9 Å². The number of nitrogens with zero attached hydrogens (tertiary/aromatic N) is 1. The Morgan fingerprint density at radius 1 is 1.14 bits per heavy atom. The van der Waals surface area contributed by atoms with Crippen LogP contribution in [0.4, 0.5) is 5.69 Å². The number of amides is 1. The number of nitrogens with one attached hydrogen (secondary N) is 1. The van der Waals surface area contributed by atoms with E-state index in [1.54, 1.807) is 26.4 Å². The largest absolute Gasteiger partial charge is 0.493 e. The second-order valence-electron chi connectivity index (χ2n) is 6.62. The van der Waals surface area contributed by atoms with E-state index >= 15 is 0 Å². The summed E-state index contributed by atoms with van der Waals surface area (Å²) in [7, 11) is 3.12. The molecule has 144 valence electrons. The van der Waals surface area contributed by atoms with Gasteiger partial charge in [0.2, 0.25) is 5.91 Å². The molecule has 0 saturated carbocycles. The minimum absolute atomic E-state index is 0.0162. The van der Waals surface area contributed by atoms with E-state index in [2.05, 4.69) is 5.32 Å². The Labute approximate surface area is 166 Å². The SMILES string of the molecule is COc1cc2c(cc1OC)C1NC(=O)CCC1=C2c1ccc([N+](=O)[O-])c(Cl)c1. The fraction of sp³-hybridized carbons (Fsp3) is 0.250. The molecule has 1 amide bonds. The highest BCUT2D eigenvalue weighted by atomic mass is 35.5. The fourth-order valence-electron chi connectivity index (χ4n) is 3.92. The number of nitro benzene ring substituents is 1. The Balaban J connectivity index is 1.93. The Hall–Kier alpha value is -3.06. The van der Waals surface area contributed by atoms with Crippen LogP contribution in [0.1, 0.15) is 35.6 Å². The highest BCUT2D eigenvalue weighted by Crippen LogP contribution is 2.50. The average molecular weight is 401 g/mol. The fourth-order valence-corrected chi connectivity index (χ4v) is 4.17. The molecule has 1 N–H and O–H groups in total. The third-order valence-electron chi connectivity index (χ3n) is 5.17. The number of benzene rings is 2. The van der Waals surface area contributed by atoms with E-state index < -0.39 is 4.92 Å². The Bertz CT molecular complexity index is 1050. The molecule has 1 unspecified atom stereocenters. The van der Waals surface area contributed by atoms with E-state index in [0.717, 1.165) is 27.8 Å². The molecule has 1 saturated heterocycles. The molecule has 8 heteroatoms. The minimum Gasteiger partial charge on any atom is -0.493 e. The Morgan fingerprint density at radius 2 is 1.86 bits per heavy atom. The van der Waals surface area contributed by atoms with Gasteiger partial charge in [0.25, 0.3) is 5.69 Å². The molecular weight excluding hydrogens is 384 g/mol. The summed E-state index contributed by atoms with van der Waals surface area (Å²) in [5, 5.41) is 14.2. The van der Waals surface area contributed by atoms with Crippen molar-refractivity contribution in [2.75, 3.05) is 14.2 Å². The topological polar surface area (TPSA) is 90.7 Å². The Kier molecular flexibility index (Phi) is 4.47. The van der Waals surface area contributed by atoms with Crippen molar-refractivity contribution in [2.45, 2.75) is 18.9 Å². The summed E-state index contributed by atoms with van der Waals surface area (Å²) >= 11 is 6.16. The summed E-state index contributed by atoms with van der Waals surface area (Å²) in [5.41, 5.74) is 4.38. The maximum atomic E-state index is 12.0. The third-order valence-corrected chi connectivity index (χ3v) is 5.47. The van der Waals surface area contributed by atoms with E-state index in [-0.39, 0.29) is 22.7 Å². The molecule has 0 aromatic heterocycles. The number of halogens is 1. The van der Waals surface area contributed by atoms with E-state index in [0.29, 0.717) is 24.3 Å². The third kappa shape index (κ3) is 2.79. The van der Waals surface area contributed by atoms with Crippen LogP contribution in [0.2, 0.25) is 5.02 Å². The van der Waals surface area contributed by atoms with Gasteiger partial charge < -0.3 is 14.8 Å². The first-order valence-corrected chi connectivity index (χ1v) is 9.05. The molecule has 4 rings (SSSR count).